The Hall–Kier alpha value is -2.64. The van der Waals surface area contributed by atoms with Crippen molar-refractivity contribution in [3.05, 3.63) is 80.5 Å². The van der Waals surface area contributed by atoms with Gasteiger partial charge in [0, 0.05) is 53.0 Å². The molecule has 0 unspecified atom stereocenters. The summed E-state index contributed by atoms with van der Waals surface area (Å²) in [6.45, 7) is 2.54. The van der Waals surface area contributed by atoms with E-state index in [0.29, 0.717) is 36.9 Å². The van der Waals surface area contributed by atoms with E-state index < -0.39 is 0 Å². The molecule has 1 aliphatic heterocycles. The highest BCUT2D eigenvalue weighted by atomic mass is 79.9. The summed E-state index contributed by atoms with van der Waals surface area (Å²) in [7, 11) is 0. The minimum atomic E-state index is -0.290. The van der Waals surface area contributed by atoms with Gasteiger partial charge >= 0.3 is 0 Å². The van der Waals surface area contributed by atoms with Gasteiger partial charge in [-0.15, -0.1) is 0 Å². The summed E-state index contributed by atoms with van der Waals surface area (Å²) < 4.78 is 2.20. The predicted octanol–water partition coefficient (Wildman–Crippen LogP) is 3.68. The zero-order valence-electron chi connectivity index (χ0n) is 16.2. The van der Waals surface area contributed by atoms with E-state index in [1.807, 2.05) is 48.5 Å². The van der Waals surface area contributed by atoms with Gasteiger partial charge in [-0.2, -0.15) is 5.10 Å². The number of hydrogen-bond donors (Lipinski definition) is 0. The van der Waals surface area contributed by atoms with Crippen molar-refractivity contribution in [2.45, 2.75) is 6.54 Å². The lowest BCUT2D eigenvalue weighted by molar-refractivity contribution is -0.132. The molecule has 1 amide bonds. The van der Waals surface area contributed by atoms with Crippen molar-refractivity contribution in [1.82, 2.24) is 14.7 Å². The summed E-state index contributed by atoms with van der Waals surface area (Å²) in [5.41, 5.74) is 2.30. The van der Waals surface area contributed by atoms with Crippen LogP contribution in [0.25, 0.3) is 11.3 Å². The second kappa shape index (κ2) is 9.02. The topological polar surface area (TPSA) is 58.4 Å². The molecule has 0 N–H and O–H groups in total. The average molecular weight is 488 g/mol. The molecule has 1 saturated heterocycles. The number of rotatable bonds is 4. The normalized spacial score (nSPS) is 14.1. The summed E-state index contributed by atoms with van der Waals surface area (Å²) in [6.07, 6.45) is 0. The van der Waals surface area contributed by atoms with E-state index in [4.69, 9.17) is 11.6 Å². The molecule has 2 heterocycles. The molecule has 0 spiro atoms. The highest BCUT2D eigenvalue weighted by Crippen LogP contribution is 2.21. The van der Waals surface area contributed by atoms with Crippen LogP contribution in [0, 0.1) is 0 Å². The zero-order chi connectivity index (χ0) is 21.1. The van der Waals surface area contributed by atoms with E-state index in [-0.39, 0.29) is 18.0 Å². The van der Waals surface area contributed by atoms with E-state index in [1.54, 1.807) is 11.0 Å². The third kappa shape index (κ3) is 4.74. The molecule has 6 nitrogen and oxygen atoms in total. The zero-order valence-corrected chi connectivity index (χ0v) is 18.5. The summed E-state index contributed by atoms with van der Waals surface area (Å²) in [5.74, 6) is -0.108. The summed E-state index contributed by atoms with van der Waals surface area (Å²) >= 11 is 9.49. The van der Waals surface area contributed by atoms with Crippen molar-refractivity contribution < 1.29 is 4.79 Å². The number of hydrogen-bond acceptors (Lipinski definition) is 4. The molecule has 154 valence electrons. The third-order valence-electron chi connectivity index (χ3n) is 5.10. The highest BCUT2D eigenvalue weighted by Gasteiger charge is 2.22. The fraction of sp³-hybridized carbons (Fsp3) is 0.227. The number of halogens is 2. The van der Waals surface area contributed by atoms with Crippen molar-refractivity contribution in [2.24, 2.45) is 0 Å². The van der Waals surface area contributed by atoms with E-state index in [2.05, 4.69) is 25.9 Å². The molecular formula is C22H20BrClN4O2. The van der Waals surface area contributed by atoms with Crippen molar-refractivity contribution in [1.29, 1.82) is 0 Å². The molecule has 30 heavy (non-hydrogen) atoms. The van der Waals surface area contributed by atoms with Crippen LogP contribution in [0.1, 0.15) is 0 Å². The van der Waals surface area contributed by atoms with Gasteiger partial charge in [0.25, 0.3) is 5.56 Å². The summed E-state index contributed by atoms with van der Waals surface area (Å²) in [6, 6.07) is 18.5. The van der Waals surface area contributed by atoms with Crippen molar-refractivity contribution >= 4 is 39.1 Å². The van der Waals surface area contributed by atoms with Gasteiger partial charge in [0.05, 0.1) is 5.69 Å². The van der Waals surface area contributed by atoms with Crippen LogP contribution in [0.4, 0.5) is 5.69 Å². The van der Waals surface area contributed by atoms with E-state index >= 15 is 0 Å². The maximum absolute atomic E-state index is 12.8. The standard InChI is InChI=1S/C22H20BrClN4O2/c23-17-6-4-16(5-7-17)20-8-9-21(29)28(25-20)15-22(30)27-12-10-26(11-13-27)19-3-1-2-18(24)14-19/h1-9,14H,10-13,15H2. The Bertz CT molecular complexity index is 1110. The molecule has 0 saturated carbocycles. The lowest BCUT2D eigenvalue weighted by Crippen LogP contribution is -2.50. The number of nitrogens with zero attached hydrogens (tertiary/aromatic N) is 4. The van der Waals surface area contributed by atoms with Gasteiger partial charge in [0.2, 0.25) is 5.91 Å². The van der Waals surface area contributed by atoms with Crippen molar-refractivity contribution in [3.63, 3.8) is 0 Å². The first-order chi connectivity index (χ1) is 14.5. The fourth-order valence-corrected chi connectivity index (χ4v) is 3.90. The number of carbonyl (C=O) groups excluding carboxylic acids is 1. The van der Waals surface area contributed by atoms with Crippen LogP contribution >= 0.6 is 27.5 Å². The second-order valence-electron chi connectivity index (χ2n) is 7.07. The summed E-state index contributed by atoms with van der Waals surface area (Å²) in [5, 5.41) is 5.09. The van der Waals surface area contributed by atoms with Crippen LogP contribution in [0.3, 0.4) is 0 Å². The van der Waals surface area contributed by atoms with Gasteiger partial charge in [-0.1, -0.05) is 45.7 Å². The summed E-state index contributed by atoms with van der Waals surface area (Å²) in [4.78, 5) is 29.0. The first-order valence-electron chi connectivity index (χ1n) is 9.62. The molecule has 1 aliphatic rings. The Kier molecular flexibility index (Phi) is 6.20. The fourth-order valence-electron chi connectivity index (χ4n) is 3.45. The molecule has 3 aromatic rings. The molecule has 4 rings (SSSR count). The number of benzene rings is 2. The molecule has 0 radical (unpaired) electrons. The molecule has 0 aliphatic carbocycles. The molecule has 0 atom stereocenters. The Morgan fingerprint density at radius 3 is 2.43 bits per heavy atom. The lowest BCUT2D eigenvalue weighted by Gasteiger charge is -2.36. The number of aromatic nitrogens is 2. The molecule has 0 bridgehead atoms. The smallest absolute Gasteiger partial charge is 0.267 e. The molecule has 1 aromatic heterocycles. The number of carbonyl (C=O) groups is 1. The maximum atomic E-state index is 12.8. The van der Waals surface area contributed by atoms with E-state index in [0.717, 1.165) is 15.7 Å². The highest BCUT2D eigenvalue weighted by molar-refractivity contribution is 9.10. The molecule has 2 aromatic carbocycles. The van der Waals surface area contributed by atoms with E-state index in [9.17, 15) is 9.59 Å². The quantitative estimate of drug-likeness (QED) is 0.563. The number of amides is 1. The Labute approximate surface area is 187 Å². The van der Waals surface area contributed by atoms with Gasteiger partial charge in [-0.3, -0.25) is 9.59 Å². The van der Waals surface area contributed by atoms with Gasteiger partial charge in [0.1, 0.15) is 6.54 Å². The Balaban J connectivity index is 1.42. The number of piperazine rings is 1. The minimum absolute atomic E-state index is 0.0691. The second-order valence-corrected chi connectivity index (χ2v) is 8.42. The van der Waals surface area contributed by atoms with Crippen LogP contribution in [0.15, 0.2) is 69.9 Å². The van der Waals surface area contributed by atoms with Crippen LogP contribution < -0.4 is 10.5 Å². The molecular weight excluding hydrogens is 468 g/mol. The lowest BCUT2D eigenvalue weighted by atomic mass is 10.1. The maximum Gasteiger partial charge on any atom is 0.267 e. The monoisotopic (exact) mass is 486 g/mol. The van der Waals surface area contributed by atoms with Gasteiger partial charge in [-0.25, -0.2) is 4.68 Å². The Morgan fingerprint density at radius 1 is 1.00 bits per heavy atom. The largest absolute Gasteiger partial charge is 0.368 e. The Morgan fingerprint density at radius 2 is 1.73 bits per heavy atom. The van der Waals surface area contributed by atoms with Crippen LogP contribution in [0.2, 0.25) is 5.02 Å². The molecule has 8 heteroatoms. The van der Waals surface area contributed by atoms with Crippen molar-refractivity contribution in [3.8, 4) is 11.3 Å². The predicted molar refractivity (Wildman–Crippen MR) is 122 cm³/mol. The first kappa shape index (κ1) is 20.6. The SMILES string of the molecule is O=C(Cn1nc(-c2ccc(Br)cc2)ccc1=O)N1CCN(c2cccc(Cl)c2)CC1. The third-order valence-corrected chi connectivity index (χ3v) is 5.86. The van der Waals surface area contributed by atoms with E-state index in [1.165, 1.54) is 10.7 Å². The van der Waals surface area contributed by atoms with Crippen LogP contribution in [-0.4, -0.2) is 46.8 Å². The molecule has 1 fully saturated rings. The number of anilines is 1. The first-order valence-corrected chi connectivity index (χ1v) is 10.8. The average Bonchev–Trinajstić information content (AvgIpc) is 2.76. The minimum Gasteiger partial charge on any atom is -0.368 e. The van der Waals surface area contributed by atoms with Crippen LogP contribution in [0.5, 0.6) is 0 Å². The van der Waals surface area contributed by atoms with Gasteiger partial charge in [-0.05, 0) is 36.4 Å². The van der Waals surface area contributed by atoms with Crippen LogP contribution in [-0.2, 0) is 11.3 Å². The van der Waals surface area contributed by atoms with Gasteiger partial charge < -0.3 is 9.80 Å². The van der Waals surface area contributed by atoms with Gasteiger partial charge in [0.15, 0.2) is 0 Å². The van der Waals surface area contributed by atoms with Crippen molar-refractivity contribution in [2.75, 3.05) is 31.1 Å².